The van der Waals surface area contributed by atoms with Crippen molar-refractivity contribution in [3.05, 3.63) is 71.2 Å². The first kappa shape index (κ1) is 19.7. The molecule has 0 bridgehead atoms. The number of carbonyl (C=O) groups excluding carboxylic acids is 1. The van der Waals surface area contributed by atoms with E-state index in [2.05, 4.69) is 27.8 Å². The minimum Gasteiger partial charge on any atom is -0.383 e. The molecule has 1 aromatic heterocycles. The molecule has 1 amide bonds. The average molecular weight is 417 g/mol. The molecule has 3 aromatic rings. The molecular weight excluding hydrogens is 391 g/mol. The lowest BCUT2D eigenvalue weighted by Gasteiger charge is -2.23. The van der Waals surface area contributed by atoms with Gasteiger partial charge in [-0.2, -0.15) is 4.39 Å². The SMILES string of the molecule is Nc1nc(F)c(-c2ccc(C3CCNCC3)cc2)cc1-c1ccc2c(c1)CCNC2=O. The number of hydrogen-bond donors (Lipinski definition) is 3. The van der Waals surface area contributed by atoms with Crippen LogP contribution in [0.15, 0.2) is 48.5 Å². The van der Waals surface area contributed by atoms with E-state index in [1.165, 1.54) is 5.56 Å². The van der Waals surface area contributed by atoms with E-state index in [-0.39, 0.29) is 11.7 Å². The standard InChI is InChI=1S/C25H25FN4O/c26-23-21(17-3-1-15(2-4-17)16-7-10-28-11-8-16)14-22(24(27)30-23)18-5-6-20-19(13-18)9-12-29-25(20)31/h1-6,13-14,16,28H,7-12H2,(H2,27,30)(H,29,31). The first-order valence-corrected chi connectivity index (χ1v) is 10.8. The molecule has 0 saturated carbocycles. The maximum absolute atomic E-state index is 14.8. The summed E-state index contributed by atoms with van der Waals surface area (Å²) in [5.74, 6) is 0.0569. The van der Waals surface area contributed by atoms with Gasteiger partial charge in [0.15, 0.2) is 0 Å². The van der Waals surface area contributed by atoms with Gasteiger partial charge < -0.3 is 16.4 Å². The topological polar surface area (TPSA) is 80.0 Å². The van der Waals surface area contributed by atoms with Crippen LogP contribution in [0.5, 0.6) is 0 Å². The highest BCUT2D eigenvalue weighted by Gasteiger charge is 2.20. The van der Waals surface area contributed by atoms with Crippen molar-refractivity contribution in [3.63, 3.8) is 0 Å². The van der Waals surface area contributed by atoms with Crippen molar-refractivity contribution in [1.29, 1.82) is 0 Å². The summed E-state index contributed by atoms with van der Waals surface area (Å²) < 4.78 is 14.8. The average Bonchev–Trinajstić information content (AvgIpc) is 2.80. The van der Waals surface area contributed by atoms with Crippen molar-refractivity contribution < 1.29 is 9.18 Å². The summed E-state index contributed by atoms with van der Waals surface area (Å²) in [7, 11) is 0. The maximum atomic E-state index is 14.8. The van der Waals surface area contributed by atoms with Gasteiger partial charge in [0.05, 0.1) is 0 Å². The molecule has 0 radical (unpaired) electrons. The molecule has 3 heterocycles. The summed E-state index contributed by atoms with van der Waals surface area (Å²) in [6, 6.07) is 15.5. The molecule has 0 spiro atoms. The number of rotatable bonds is 3. The zero-order valence-electron chi connectivity index (χ0n) is 17.2. The van der Waals surface area contributed by atoms with Crippen LogP contribution in [0, 0.1) is 5.95 Å². The first-order chi connectivity index (χ1) is 15.1. The third-order valence-electron chi connectivity index (χ3n) is 6.38. The smallest absolute Gasteiger partial charge is 0.251 e. The van der Waals surface area contributed by atoms with Gasteiger partial charge in [-0.3, -0.25) is 4.79 Å². The number of nitrogens with two attached hydrogens (primary N) is 1. The van der Waals surface area contributed by atoms with Gasteiger partial charge in [-0.15, -0.1) is 0 Å². The lowest BCUT2D eigenvalue weighted by molar-refractivity contribution is 0.0946. The highest BCUT2D eigenvalue weighted by Crippen LogP contribution is 2.34. The molecule has 158 valence electrons. The number of carbonyl (C=O) groups is 1. The lowest BCUT2D eigenvalue weighted by atomic mass is 9.89. The largest absolute Gasteiger partial charge is 0.383 e. The Morgan fingerprint density at radius 3 is 2.42 bits per heavy atom. The molecule has 5 rings (SSSR count). The fourth-order valence-electron chi connectivity index (χ4n) is 4.62. The number of halogens is 1. The number of nitrogen functional groups attached to an aromatic ring is 1. The summed E-state index contributed by atoms with van der Waals surface area (Å²) in [4.78, 5) is 16.0. The van der Waals surface area contributed by atoms with Gasteiger partial charge in [0.25, 0.3) is 5.91 Å². The second-order valence-electron chi connectivity index (χ2n) is 8.28. The summed E-state index contributed by atoms with van der Waals surface area (Å²) >= 11 is 0. The fraction of sp³-hybridized carbons (Fsp3) is 0.280. The molecule has 2 aliphatic rings. The molecule has 2 aromatic carbocycles. The van der Waals surface area contributed by atoms with Gasteiger partial charge in [-0.05, 0) is 72.7 Å². The number of aromatic nitrogens is 1. The molecule has 0 aliphatic carbocycles. The monoisotopic (exact) mass is 416 g/mol. The molecule has 4 N–H and O–H groups in total. The number of nitrogens with zero attached hydrogens (tertiary/aromatic N) is 1. The Kier molecular flexibility index (Phi) is 5.16. The third kappa shape index (κ3) is 3.79. The van der Waals surface area contributed by atoms with Crippen LogP contribution in [0.25, 0.3) is 22.3 Å². The van der Waals surface area contributed by atoms with Crippen molar-refractivity contribution in [2.75, 3.05) is 25.4 Å². The summed E-state index contributed by atoms with van der Waals surface area (Å²) in [6.45, 7) is 2.69. The molecule has 2 aliphatic heterocycles. The van der Waals surface area contributed by atoms with E-state index in [0.717, 1.165) is 49.0 Å². The number of hydrogen-bond acceptors (Lipinski definition) is 4. The van der Waals surface area contributed by atoms with Crippen LogP contribution in [0.3, 0.4) is 0 Å². The van der Waals surface area contributed by atoms with E-state index < -0.39 is 5.95 Å². The van der Waals surface area contributed by atoms with Crippen molar-refractivity contribution >= 4 is 11.7 Å². The quantitative estimate of drug-likeness (QED) is 0.566. The number of anilines is 1. The lowest BCUT2D eigenvalue weighted by Crippen LogP contribution is -2.31. The van der Waals surface area contributed by atoms with Gasteiger partial charge in [-0.25, -0.2) is 4.98 Å². The minimum atomic E-state index is -0.576. The van der Waals surface area contributed by atoms with Gasteiger partial charge in [0, 0.05) is 23.2 Å². The van der Waals surface area contributed by atoms with Crippen LogP contribution < -0.4 is 16.4 Å². The molecule has 1 saturated heterocycles. The second-order valence-corrected chi connectivity index (χ2v) is 8.28. The van der Waals surface area contributed by atoms with Crippen LogP contribution in [0.2, 0.25) is 0 Å². The second kappa shape index (κ2) is 8.12. The van der Waals surface area contributed by atoms with Crippen LogP contribution in [-0.4, -0.2) is 30.5 Å². The first-order valence-electron chi connectivity index (χ1n) is 10.8. The zero-order valence-corrected chi connectivity index (χ0v) is 17.2. The number of nitrogens with one attached hydrogen (secondary N) is 2. The van der Waals surface area contributed by atoms with Gasteiger partial charge in [0.1, 0.15) is 5.82 Å². The molecule has 0 unspecified atom stereocenters. The van der Waals surface area contributed by atoms with E-state index >= 15 is 0 Å². The highest BCUT2D eigenvalue weighted by atomic mass is 19.1. The number of benzene rings is 2. The molecular formula is C25H25FN4O. The number of amides is 1. The fourth-order valence-corrected chi connectivity index (χ4v) is 4.62. The Balaban J connectivity index is 1.50. The van der Waals surface area contributed by atoms with E-state index in [4.69, 9.17) is 5.73 Å². The molecule has 5 nitrogen and oxygen atoms in total. The Hall–Kier alpha value is -3.25. The summed E-state index contributed by atoms with van der Waals surface area (Å²) in [5.41, 5.74) is 11.8. The van der Waals surface area contributed by atoms with Crippen molar-refractivity contribution in [2.24, 2.45) is 0 Å². The Morgan fingerprint density at radius 1 is 0.903 bits per heavy atom. The minimum absolute atomic E-state index is 0.0625. The Labute approximate surface area is 180 Å². The number of fused-ring (bicyclic) bond motifs is 1. The maximum Gasteiger partial charge on any atom is 0.251 e. The van der Waals surface area contributed by atoms with Gasteiger partial charge in [0.2, 0.25) is 5.95 Å². The van der Waals surface area contributed by atoms with E-state index in [1.54, 1.807) is 12.1 Å². The van der Waals surface area contributed by atoms with Crippen LogP contribution in [-0.2, 0) is 6.42 Å². The summed E-state index contributed by atoms with van der Waals surface area (Å²) in [5, 5.41) is 6.23. The number of pyridine rings is 1. The Bertz CT molecular complexity index is 1140. The molecule has 31 heavy (non-hydrogen) atoms. The Morgan fingerprint density at radius 2 is 1.65 bits per heavy atom. The molecule has 6 heteroatoms. The normalized spacial score (nSPS) is 16.6. The highest BCUT2D eigenvalue weighted by molar-refractivity contribution is 5.97. The van der Waals surface area contributed by atoms with Gasteiger partial charge >= 0.3 is 0 Å². The van der Waals surface area contributed by atoms with Crippen molar-refractivity contribution in [3.8, 4) is 22.3 Å². The van der Waals surface area contributed by atoms with Crippen molar-refractivity contribution in [2.45, 2.75) is 25.2 Å². The molecule has 0 atom stereocenters. The van der Waals surface area contributed by atoms with Crippen LogP contribution in [0.4, 0.5) is 10.2 Å². The van der Waals surface area contributed by atoms with Gasteiger partial charge in [-0.1, -0.05) is 36.4 Å². The third-order valence-corrected chi connectivity index (χ3v) is 6.38. The number of piperidine rings is 1. The van der Waals surface area contributed by atoms with Crippen molar-refractivity contribution in [1.82, 2.24) is 15.6 Å². The van der Waals surface area contributed by atoms with Crippen LogP contribution in [0.1, 0.15) is 40.2 Å². The van der Waals surface area contributed by atoms with E-state index in [1.807, 2.05) is 24.3 Å². The zero-order chi connectivity index (χ0) is 21.4. The van der Waals surface area contributed by atoms with E-state index in [0.29, 0.717) is 29.2 Å². The molecule has 1 fully saturated rings. The summed E-state index contributed by atoms with van der Waals surface area (Å²) in [6.07, 6.45) is 3.00. The predicted octanol–water partition coefficient (Wildman–Crippen LogP) is 3.89. The predicted molar refractivity (Wildman–Crippen MR) is 120 cm³/mol. The van der Waals surface area contributed by atoms with E-state index in [9.17, 15) is 9.18 Å². The van der Waals surface area contributed by atoms with Crippen LogP contribution >= 0.6 is 0 Å².